The minimum absolute atomic E-state index is 0.143. The molecule has 4 rings (SSSR count). The highest BCUT2D eigenvalue weighted by Gasteiger charge is 2.66. The monoisotopic (exact) mass is 476 g/mol. The Morgan fingerprint density at radius 3 is 2.50 bits per heavy atom. The van der Waals surface area contributed by atoms with Crippen LogP contribution in [-0.4, -0.2) is 40.1 Å². The van der Waals surface area contributed by atoms with Gasteiger partial charge in [0.2, 0.25) is 0 Å². The van der Waals surface area contributed by atoms with E-state index in [9.17, 15) is 20.1 Å². The molecule has 3 aliphatic carbocycles. The van der Waals surface area contributed by atoms with Crippen molar-refractivity contribution < 1.29 is 24.9 Å². The van der Waals surface area contributed by atoms with Gasteiger partial charge in [0.25, 0.3) is 0 Å². The summed E-state index contributed by atoms with van der Waals surface area (Å²) in [6.45, 7) is 11.3. The van der Waals surface area contributed by atoms with Crippen molar-refractivity contribution in [2.45, 2.75) is 117 Å². The molecule has 3 N–H and O–H groups in total. The topological polar surface area (TPSA) is 87.0 Å². The Labute approximate surface area is 206 Å². The van der Waals surface area contributed by atoms with Gasteiger partial charge in [-0.25, -0.2) is 0 Å². The molecule has 1 unspecified atom stereocenters. The lowest BCUT2D eigenvalue weighted by Gasteiger charge is -2.59. The number of aliphatic hydroxyl groups is 3. The van der Waals surface area contributed by atoms with Crippen molar-refractivity contribution in [3.8, 4) is 0 Å². The number of aliphatic hydroxyl groups excluding tert-OH is 3. The molecular formula is C29H48O5. The van der Waals surface area contributed by atoms with Gasteiger partial charge in [0, 0.05) is 11.3 Å². The second-order valence-electron chi connectivity index (χ2n) is 13.1. The van der Waals surface area contributed by atoms with Crippen LogP contribution in [-0.2, 0) is 9.53 Å². The van der Waals surface area contributed by atoms with Gasteiger partial charge in [0.05, 0.1) is 24.2 Å². The first-order valence-corrected chi connectivity index (χ1v) is 13.9. The fraction of sp³-hybridized carbons (Fsp3) is 0.897. The van der Waals surface area contributed by atoms with Crippen LogP contribution in [0, 0.1) is 39.9 Å². The number of carbonyl (C=O) groups is 1. The van der Waals surface area contributed by atoms with E-state index < -0.39 is 23.0 Å². The van der Waals surface area contributed by atoms with Gasteiger partial charge in [-0.15, -0.1) is 0 Å². The lowest BCUT2D eigenvalue weighted by molar-refractivity contribution is -0.182. The van der Waals surface area contributed by atoms with Crippen LogP contribution in [0.4, 0.5) is 0 Å². The molecule has 194 valence electrons. The highest BCUT2D eigenvalue weighted by molar-refractivity contribution is 5.82. The lowest BCUT2D eigenvalue weighted by atomic mass is 9.47. The number of allylic oxidation sites excluding steroid dienone is 2. The molecule has 0 aromatic rings. The molecule has 1 heterocycles. The third kappa shape index (κ3) is 4.08. The van der Waals surface area contributed by atoms with Crippen molar-refractivity contribution in [1.29, 1.82) is 0 Å². The Balaban J connectivity index is 1.65. The van der Waals surface area contributed by atoms with Crippen LogP contribution in [0.25, 0.3) is 0 Å². The Morgan fingerprint density at radius 2 is 1.82 bits per heavy atom. The van der Waals surface area contributed by atoms with Crippen LogP contribution in [0.2, 0.25) is 0 Å². The van der Waals surface area contributed by atoms with E-state index in [0.717, 1.165) is 37.4 Å². The van der Waals surface area contributed by atoms with Crippen molar-refractivity contribution in [2.24, 2.45) is 39.9 Å². The highest BCUT2D eigenvalue weighted by Crippen LogP contribution is 2.68. The minimum Gasteiger partial charge on any atom is -0.430 e. The molecule has 1 aliphatic heterocycles. The van der Waals surface area contributed by atoms with E-state index in [-0.39, 0.29) is 30.3 Å². The fourth-order valence-electron chi connectivity index (χ4n) is 8.68. The Morgan fingerprint density at radius 1 is 1.09 bits per heavy atom. The molecule has 2 fully saturated rings. The van der Waals surface area contributed by atoms with Gasteiger partial charge in [0.15, 0.2) is 0 Å². The zero-order valence-corrected chi connectivity index (χ0v) is 22.1. The Kier molecular flexibility index (Phi) is 7.32. The molecule has 0 radical (unpaired) electrons. The molecule has 5 nitrogen and oxygen atoms in total. The van der Waals surface area contributed by atoms with Gasteiger partial charge in [-0.05, 0) is 80.1 Å². The quantitative estimate of drug-likeness (QED) is 0.410. The van der Waals surface area contributed by atoms with Crippen molar-refractivity contribution in [3.63, 3.8) is 0 Å². The zero-order chi connectivity index (χ0) is 24.9. The molecule has 8 atom stereocenters. The van der Waals surface area contributed by atoms with E-state index >= 15 is 0 Å². The predicted octanol–water partition coefficient (Wildman–Crippen LogP) is 5.37. The summed E-state index contributed by atoms with van der Waals surface area (Å²) < 4.78 is 6.28. The number of hydrogen-bond donors (Lipinski definition) is 3. The van der Waals surface area contributed by atoms with E-state index in [2.05, 4.69) is 34.6 Å². The average Bonchev–Trinajstić information content (AvgIpc) is 3.13. The normalized spacial score (nSPS) is 41.6. The first-order chi connectivity index (χ1) is 16.0. The second kappa shape index (κ2) is 9.52. The molecule has 0 saturated heterocycles. The summed E-state index contributed by atoms with van der Waals surface area (Å²) in [4.78, 5) is 13.8. The number of ether oxygens (including phenoxy) is 1. The van der Waals surface area contributed by atoms with E-state index in [1.54, 1.807) is 0 Å². The second-order valence-corrected chi connectivity index (χ2v) is 13.1. The fourth-order valence-corrected chi connectivity index (χ4v) is 8.68. The number of rotatable bonds is 8. The number of hydrogen-bond acceptors (Lipinski definition) is 5. The third-order valence-electron chi connectivity index (χ3n) is 10.7. The van der Waals surface area contributed by atoms with Crippen LogP contribution in [0.15, 0.2) is 11.3 Å². The molecule has 5 heteroatoms. The molecule has 34 heavy (non-hydrogen) atoms. The van der Waals surface area contributed by atoms with E-state index in [1.165, 1.54) is 31.3 Å². The summed E-state index contributed by atoms with van der Waals surface area (Å²) >= 11 is 0. The summed E-state index contributed by atoms with van der Waals surface area (Å²) in [5.74, 6) is 3.00. The van der Waals surface area contributed by atoms with Gasteiger partial charge in [-0.1, -0.05) is 53.9 Å². The van der Waals surface area contributed by atoms with Crippen LogP contribution in [0.5, 0.6) is 0 Å². The first kappa shape index (κ1) is 26.2. The maximum atomic E-state index is 13.8. The smallest absolute Gasteiger partial charge is 0.318 e. The molecular weight excluding hydrogens is 428 g/mol. The standard InChI is InChI=1S/C29H48O5/c1-18(2)7-6-8-19(3)22-9-10-23-25-24(12-13-27(22,23)4)28(5)14-11-20(31)15-29(28,26(33)34-25)16-21(32)17-30/h18-23,30-32H,6-17H2,1-5H3/t19-,20+,21?,22-,23+,27-,28-,29-/m1/s1. The Hall–Kier alpha value is -0.910. The molecule has 4 aliphatic rings. The molecule has 0 aromatic heterocycles. The molecule has 0 bridgehead atoms. The van der Waals surface area contributed by atoms with Gasteiger partial charge in [0.1, 0.15) is 5.76 Å². The van der Waals surface area contributed by atoms with Crippen LogP contribution < -0.4 is 0 Å². The number of esters is 1. The van der Waals surface area contributed by atoms with Crippen LogP contribution in [0.1, 0.15) is 105 Å². The summed E-state index contributed by atoms with van der Waals surface area (Å²) in [6.07, 6.45) is 8.42. The lowest BCUT2D eigenvalue weighted by Crippen LogP contribution is -2.59. The largest absolute Gasteiger partial charge is 0.430 e. The molecule has 2 saturated carbocycles. The average molecular weight is 477 g/mol. The maximum Gasteiger partial charge on any atom is 0.318 e. The van der Waals surface area contributed by atoms with E-state index in [0.29, 0.717) is 24.7 Å². The predicted molar refractivity (Wildman–Crippen MR) is 133 cm³/mol. The molecule has 0 spiro atoms. The van der Waals surface area contributed by atoms with E-state index in [1.807, 2.05) is 0 Å². The van der Waals surface area contributed by atoms with Crippen molar-refractivity contribution in [1.82, 2.24) is 0 Å². The Bertz CT molecular complexity index is 804. The number of fused-ring (bicyclic) bond motifs is 4. The van der Waals surface area contributed by atoms with Gasteiger partial charge in [-0.3, -0.25) is 4.79 Å². The minimum atomic E-state index is -0.990. The van der Waals surface area contributed by atoms with Gasteiger partial charge in [-0.2, -0.15) is 0 Å². The maximum absolute atomic E-state index is 13.8. The highest BCUT2D eigenvalue weighted by atomic mass is 16.5. The summed E-state index contributed by atoms with van der Waals surface area (Å²) in [6, 6.07) is 0. The van der Waals surface area contributed by atoms with Crippen molar-refractivity contribution in [3.05, 3.63) is 11.3 Å². The van der Waals surface area contributed by atoms with Crippen molar-refractivity contribution in [2.75, 3.05) is 6.61 Å². The van der Waals surface area contributed by atoms with Crippen LogP contribution >= 0.6 is 0 Å². The summed E-state index contributed by atoms with van der Waals surface area (Å²) in [5, 5.41) is 30.5. The SMILES string of the molecule is CC(C)CCC[C@@H](C)[C@H]1CC[C@H]2C3=C(CC[C@]12C)[C@@]1(C)CC[C@H](O)C[C@@]1(CC(O)CO)C(=O)O3. The summed E-state index contributed by atoms with van der Waals surface area (Å²) in [5.41, 5.74) is 0.0160. The first-order valence-electron chi connectivity index (χ1n) is 13.9. The zero-order valence-electron chi connectivity index (χ0n) is 22.1. The van der Waals surface area contributed by atoms with Gasteiger partial charge < -0.3 is 20.1 Å². The van der Waals surface area contributed by atoms with Crippen molar-refractivity contribution >= 4 is 5.97 Å². The van der Waals surface area contributed by atoms with Gasteiger partial charge >= 0.3 is 5.97 Å². The molecule has 0 aromatic carbocycles. The third-order valence-corrected chi connectivity index (χ3v) is 10.7. The summed E-state index contributed by atoms with van der Waals surface area (Å²) in [7, 11) is 0. The molecule has 0 amide bonds. The van der Waals surface area contributed by atoms with E-state index in [4.69, 9.17) is 4.74 Å². The number of carbonyl (C=O) groups excluding carboxylic acids is 1. The van der Waals surface area contributed by atoms with Crippen LogP contribution in [0.3, 0.4) is 0 Å².